The lowest BCUT2D eigenvalue weighted by Crippen LogP contribution is -2.55. The van der Waals surface area contributed by atoms with Crippen molar-refractivity contribution in [2.45, 2.75) is 72.6 Å². The molecule has 3 aromatic carbocycles. The van der Waals surface area contributed by atoms with Gasteiger partial charge < -0.3 is 25.4 Å². The fourth-order valence-electron chi connectivity index (χ4n) is 4.89. The molecule has 0 saturated carbocycles. The van der Waals surface area contributed by atoms with Gasteiger partial charge in [0.05, 0.1) is 6.61 Å². The van der Waals surface area contributed by atoms with Crippen molar-refractivity contribution in [3.8, 4) is 0 Å². The zero-order chi connectivity index (χ0) is 30.3. The maximum Gasteiger partial charge on any atom is 0.408 e. The number of anilines is 1. The van der Waals surface area contributed by atoms with Gasteiger partial charge in [-0.15, -0.1) is 0 Å². The number of alkyl carbamates (subject to hydrolysis) is 1. The van der Waals surface area contributed by atoms with Crippen LogP contribution in [0.4, 0.5) is 10.5 Å². The molecule has 0 spiro atoms. The Hall–Kier alpha value is -3.91. The van der Waals surface area contributed by atoms with E-state index < -0.39 is 35.6 Å². The van der Waals surface area contributed by atoms with Gasteiger partial charge in [-0.3, -0.25) is 9.59 Å². The predicted octanol–water partition coefficient (Wildman–Crippen LogP) is 5.90. The highest BCUT2D eigenvalue weighted by Gasteiger charge is 2.38. The number of hydrogen-bond donors (Lipinski definition) is 3. The number of carbonyl (C=O) groups is 3. The van der Waals surface area contributed by atoms with Gasteiger partial charge in [0, 0.05) is 12.2 Å². The summed E-state index contributed by atoms with van der Waals surface area (Å²) < 4.78 is 5.44. The van der Waals surface area contributed by atoms with Gasteiger partial charge in [0.25, 0.3) is 5.91 Å². The zero-order valence-electron chi connectivity index (χ0n) is 25.2. The topological polar surface area (TPSA) is 108 Å². The van der Waals surface area contributed by atoms with Gasteiger partial charge >= 0.3 is 6.09 Å². The molecular weight excluding hydrogens is 518 g/mol. The van der Waals surface area contributed by atoms with Gasteiger partial charge in [-0.25, -0.2) is 4.79 Å². The van der Waals surface area contributed by atoms with Gasteiger partial charge in [0.1, 0.15) is 17.7 Å². The summed E-state index contributed by atoms with van der Waals surface area (Å²) in [7, 11) is 0. The number of benzene rings is 3. The van der Waals surface area contributed by atoms with Crippen LogP contribution in [-0.2, 0) is 14.3 Å². The summed E-state index contributed by atoms with van der Waals surface area (Å²) in [6.07, 6.45) is -0.125. The molecule has 0 aliphatic heterocycles. The number of ether oxygens (including phenoxy) is 1. The minimum atomic E-state index is -1.06. The molecule has 0 fully saturated rings. The van der Waals surface area contributed by atoms with Crippen LogP contribution in [-0.4, -0.2) is 52.7 Å². The molecule has 220 valence electrons. The molecule has 3 rings (SSSR count). The van der Waals surface area contributed by atoms with Crippen molar-refractivity contribution in [1.82, 2.24) is 10.2 Å². The standard InChI is InChI=1S/C33H43N3O5/c1-8-23(4)28(35-32(40)41-33(5,6)7)31(39)36(15-16-37)29(26-18-21(2)17-22(3)19-26)30(38)34-27-14-13-24-11-9-10-12-25(24)20-27/h9-14,17-20,23,28-29,37H,8,15-16H2,1-7H3,(H,34,38)(H,35,40). The summed E-state index contributed by atoms with van der Waals surface area (Å²) in [5.74, 6) is -1.16. The molecule has 0 heterocycles. The van der Waals surface area contributed by atoms with Crippen LogP contribution in [0.1, 0.15) is 63.8 Å². The third-order valence-electron chi connectivity index (χ3n) is 6.91. The molecule has 0 aliphatic rings. The van der Waals surface area contributed by atoms with Gasteiger partial charge in [-0.05, 0) is 69.0 Å². The number of fused-ring (bicyclic) bond motifs is 1. The molecule has 3 unspecified atom stereocenters. The van der Waals surface area contributed by atoms with Crippen LogP contribution in [0.3, 0.4) is 0 Å². The van der Waals surface area contributed by atoms with Crippen LogP contribution in [0.5, 0.6) is 0 Å². The minimum absolute atomic E-state index is 0.107. The quantitative estimate of drug-likeness (QED) is 0.286. The second-order valence-corrected chi connectivity index (χ2v) is 11.6. The number of hydrogen-bond acceptors (Lipinski definition) is 5. The van der Waals surface area contributed by atoms with E-state index >= 15 is 0 Å². The Bertz CT molecular complexity index is 1360. The third-order valence-corrected chi connectivity index (χ3v) is 6.91. The van der Waals surface area contributed by atoms with Crippen LogP contribution in [0.25, 0.3) is 10.8 Å². The predicted molar refractivity (Wildman–Crippen MR) is 163 cm³/mol. The highest BCUT2D eigenvalue weighted by molar-refractivity contribution is 6.00. The second kappa shape index (κ2) is 13.6. The molecule has 0 bridgehead atoms. The van der Waals surface area contributed by atoms with E-state index in [1.54, 1.807) is 20.8 Å². The van der Waals surface area contributed by atoms with E-state index in [1.165, 1.54) is 4.90 Å². The second-order valence-electron chi connectivity index (χ2n) is 11.6. The fourth-order valence-corrected chi connectivity index (χ4v) is 4.89. The fraction of sp³-hybridized carbons (Fsp3) is 0.424. The van der Waals surface area contributed by atoms with E-state index in [0.717, 1.165) is 21.9 Å². The van der Waals surface area contributed by atoms with Gasteiger partial charge in [0.2, 0.25) is 5.91 Å². The first-order valence-corrected chi connectivity index (χ1v) is 14.1. The zero-order valence-corrected chi connectivity index (χ0v) is 25.2. The number of carbonyl (C=O) groups excluding carboxylic acids is 3. The van der Waals surface area contributed by atoms with Crippen molar-refractivity contribution >= 4 is 34.4 Å². The molecule has 3 amide bonds. The molecule has 3 aromatic rings. The maximum atomic E-state index is 14.2. The maximum absolute atomic E-state index is 14.2. The highest BCUT2D eigenvalue weighted by Crippen LogP contribution is 2.28. The molecule has 0 aromatic heterocycles. The van der Waals surface area contributed by atoms with E-state index in [9.17, 15) is 19.5 Å². The Morgan fingerprint density at radius 2 is 1.59 bits per heavy atom. The Balaban J connectivity index is 2.05. The van der Waals surface area contributed by atoms with Crippen molar-refractivity contribution in [3.63, 3.8) is 0 Å². The Labute approximate surface area is 243 Å². The lowest BCUT2D eigenvalue weighted by molar-refractivity contribution is -0.142. The van der Waals surface area contributed by atoms with Crippen molar-refractivity contribution in [1.29, 1.82) is 0 Å². The highest BCUT2D eigenvalue weighted by atomic mass is 16.6. The van der Waals surface area contributed by atoms with Crippen LogP contribution in [0, 0.1) is 19.8 Å². The Morgan fingerprint density at radius 1 is 0.951 bits per heavy atom. The van der Waals surface area contributed by atoms with E-state index in [1.807, 2.05) is 88.4 Å². The first-order chi connectivity index (χ1) is 19.3. The van der Waals surface area contributed by atoms with E-state index in [-0.39, 0.29) is 19.1 Å². The molecule has 0 radical (unpaired) electrons. The molecule has 41 heavy (non-hydrogen) atoms. The largest absolute Gasteiger partial charge is 0.444 e. The number of aryl methyl sites for hydroxylation is 2. The summed E-state index contributed by atoms with van der Waals surface area (Å²) in [4.78, 5) is 42.4. The molecule has 0 aliphatic carbocycles. The molecular formula is C33H43N3O5. The monoisotopic (exact) mass is 561 g/mol. The number of amides is 3. The number of aliphatic hydroxyl groups excluding tert-OH is 1. The molecule has 0 saturated heterocycles. The van der Waals surface area contributed by atoms with E-state index in [4.69, 9.17) is 4.74 Å². The normalized spacial score (nSPS) is 13.7. The molecule has 8 heteroatoms. The van der Waals surface area contributed by atoms with Crippen LogP contribution >= 0.6 is 0 Å². The van der Waals surface area contributed by atoms with Crippen LogP contribution < -0.4 is 10.6 Å². The van der Waals surface area contributed by atoms with Crippen molar-refractivity contribution in [2.24, 2.45) is 5.92 Å². The first-order valence-electron chi connectivity index (χ1n) is 14.1. The number of nitrogens with zero attached hydrogens (tertiary/aromatic N) is 1. The minimum Gasteiger partial charge on any atom is -0.444 e. The van der Waals surface area contributed by atoms with Crippen molar-refractivity contribution in [2.75, 3.05) is 18.5 Å². The van der Waals surface area contributed by atoms with Crippen LogP contribution in [0.15, 0.2) is 60.7 Å². The van der Waals surface area contributed by atoms with Gasteiger partial charge in [-0.1, -0.05) is 79.9 Å². The Kier molecular flexibility index (Phi) is 10.5. The summed E-state index contributed by atoms with van der Waals surface area (Å²) >= 11 is 0. The summed E-state index contributed by atoms with van der Waals surface area (Å²) in [6.45, 7) is 12.4. The number of nitrogens with one attached hydrogen (secondary N) is 2. The third kappa shape index (κ3) is 8.54. The SMILES string of the molecule is CCC(C)C(NC(=O)OC(C)(C)C)C(=O)N(CCO)C(C(=O)Nc1ccc2ccccc2c1)c1cc(C)cc(C)c1. The average molecular weight is 562 g/mol. The number of aliphatic hydroxyl groups is 1. The van der Waals surface area contributed by atoms with E-state index in [0.29, 0.717) is 17.7 Å². The lowest BCUT2D eigenvalue weighted by atomic mass is 9.94. The summed E-state index contributed by atoms with van der Waals surface area (Å²) in [5.41, 5.74) is 2.32. The molecule has 8 nitrogen and oxygen atoms in total. The molecule has 3 atom stereocenters. The summed E-state index contributed by atoms with van der Waals surface area (Å²) in [6, 6.07) is 17.2. The van der Waals surface area contributed by atoms with Gasteiger partial charge in [-0.2, -0.15) is 0 Å². The van der Waals surface area contributed by atoms with Gasteiger partial charge in [0.15, 0.2) is 0 Å². The summed E-state index contributed by atoms with van der Waals surface area (Å²) in [5, 5.41) is 17.8. The van der Waals surface area contributed by atoms with Crippen molar-refractivity contribution in [3.05, 3.63) is 77.4 Å². The smallest absolute Gasteiger partial charge is 0.408 e. The van der Waals surface area contributed by atoms with Crippen molar-refractivity contribution < 1.29 is 24.2 Å². The van der Waals surface area contributed by atoms with Crippen LogP contribution in [0.2, 0.25) is 0 Å². The van der Waals surface area contributed by atoms with E-state index in [2.05, 4.69) is 10.6 Å². The number of rotatable bonds is 10. The average Bonchev–Trinajstić information content (AvgIpc) is 2.89. The first kappa shape index (κ1) is 31.6. The Morgan fingerprint density at radius 3 is 2.17 bits per heavy atom. The lowest BCUT2D eigenvalue weighted by Gasteiger charge is -2.36. The molecule has 3 N–H and O–H groups in total.